The molecule has 0 aromatic heterocycles. The molecule has 0 saturated heterocycles. The van der Waals surface area contributed by atoms with Crippen LogP contribution in [0.25, 0.3) is 0 Å². The second-order valence-electron chi connectivity index (χ2n) is 2.80. The topological polar surface area (TPSA) is 72.7 Å². The lowest BCUT2D eigenvalue weighted by Gasteiger charge is -2.12. The van der Waals surface area contributed by atoms with Crippen LogP contribution in [0.2, 0.25) is 0 Å². The van der Waals surface area contributed by atoms with Gasteiger partial charge < -0.3 is 20.6 Å². The Hall–Kier alpha value is -0.160. The summed E-state index contributed by atoms with van der Waals surface area (Å²) in [5, 5.41) is 28.8. The molecule has 12 heavy (non-hydrogen) atoms. The molecule has 0 bridgehead atoms. The monoisotopic (exact) mass is 177 g/mol. The maximum absolute atomic E-state index is 8.67. The summed E-state index contributed by atoms with van der Waals surface area (Å²) in [6.07, 6.45) is 2.77. The molecule has 0 amide bonds. The van der Waals surface area contributed by atoms with Crippen LogP contribution in [-0.4, -0.2) is 47.7 Å². The van der Waals surface area contributed by atoms with Crippen molar-refractivity contribution in [2.45, 2.75) is 25.3 Å². The molecule has 0 aliphatic rings. The number of hydrogen-bond acceptors (Lipinski definition) is 4. The van der Waals surface area contributed by atoms with Crippen molar-refractivity contribution < 1.29 is 15.3 Å². The van der Waals surface area contributed by atoms with Gasteiger partial charge in [0.25, 0.3) is 0 Å². The highest BCUT2D eigenvalue weighted by Gasteiger charge is 2.02. The first-order valence-corrected chi connectivity index (χ1v) is 4.41. The van der Waals surface area contributed by atoms with Crippen molar-refractivity contribution in [1.82, 2.24) is 5.32 Å². The minimum Gasteiger partial charge on any atom is -0.396 e. The van der Waals surface area contributed by atoms with Gasteiger partial charge in [0.2, 0.25) is 0 Å². The van der Waals surface area contributed by atoms with E-state index in [1.54, 1.807) is 0 Å². The van der Waals surface area contributed by atoms with E-state index in [4.69, 9.17) is 15.3 Å². The Bertz CT molecular complexity index is 86.4. The Kier molecular flexibility index (Phi) is 8.81. The lowest BCUT2D eigenvalue weighted by molar-refractivity contribution is 0.170. The fourth-order valence-corrected chi connectivity index (χ4v) is 0.907. The lowest BCUT2D eigenvalue weighted by atomic mass is 10.2. The predicted molar refractivity (Wildman–Crippen MR) is 46.9 cm³/mol. The standard InChI is InChI=1S/C8H19NO3/c10-5-3-1-2-4-9-8(6-11)7-12/h8-12H,1-7H2. The fraction of sp³-hybridized carbons (Fsp3) is 1.00. The van der Waals surface area contributed by atoms with E-state index in [1.807, 2.05) is 0 Å². The van der Waals surface area contributed by atoms with Crippen molar-refractivity contribution in [2.24, 2.45) is 0 Å². The molecule has 0 spiro atoms. The predicted octanol–water partition coefficient (Wildman–Crippen LogP) is -0.908. The van der Waals surface area contributed by atoms with E-state index < -0.39 is 0 Å². The highest BCUT2D eigenvalue weighted by molar-refractivity contribution is 4.62. The number of rotatable bonds is 8. The zero-order valence-corrected chi connectivity index (χ0v) is 7.37. The van der Waals surface area contributed by atoms with Crippen molar-refractivity contribution >= 4 is 0 Å². The van der Waals surface area contributed by atoms with Crippen LogP contribution >= 0.6 is 0 Å². The highest BCUT2D eigenvalue weighted by Crippen LogP contribution is 1.92. The van der Waals surface area contributed by atoms with E-state index in [0.717, 1.165) is 25.8 Å². The van der Waals surface area contributed by atoms with Crippen LogP contribution in [0.3, 0.4) is 0 Å². The van der Waals surface area contributed by atoms with Gasteiger partial charge in [0, 0.05) is 6.61 Å². The summed E-state index contributed by atoms with van der Waals surface area (Å²) in [6, 6.07) is -0.195. The molecule has 4 heteroatoms. The van der Waals surface area contributed by atoms with Gasteiger partial charge in [-0.15, -0.1) is 0 Å². The Morgan fingerprint density at radius 1 is 0.917 bits per heavy atom. The minimum absolute atomic E-state index is 0.0312. The van der Waals surface area contributed by atoms with Gasteiger partial charge in [-0.3, -0.25) is 0 Å². The molecule has 4 nitrogen and oxygen atoms in total. The van der Waals surface area contributed by atoms with Crippen LogP contribution in [0.15, 0.2) is 0 Å². The molecule has 0 aromatic carbocycles. The first kappa shape index (κ1) is 11.8. The van der Waals surface area contributed by atoms with Gasteiger partial charge in [-0.05, 0) is 25.8 Å². The fourth-order valence-electron chi connectivity index (χ4n) is 0.907. The molecule has 0 fully saturated rings. The summed E-state index contributed by atoms with van der Waals surface area (Å²) in [5.74, 6) is 0. The highest BCUT2D eigenvalue weighted by atomic mass is 16.3. The third kappa shape index (κ3) is 6.54. The molecule has 4 N–H and O–H groups in total. The zero-order chi connectivity index (χ0) is 9.23. The lowest BCUT2D eigenvalue weighted by Crippen LogP contribution is -2.36. The van der Waals surface area contributed by atoms with E-state index in [1.165, 1.54) is 0 Å². The van der Waals surface area contributed by atoms with Crippen LogP contribution in [0.4, 0.5) is 0 Å². The molecule has 0 saturated carbocycles. The van der Waals surface area contributed by atoms with Crippen LogP contribution in [-0.2, 0) is 0 Å². The molecular weight excluding hydrogens is 158 g/mol. The number of aliphatic hydroxyl groups excluding tert-OH is 3. The van der Waals surface area contributed by atoms with Crippen LogP contribution in [0, 0.1) is 0 Å². The van der Waals surface area contributed by atoms with E-state index in [2.05, 4.69) is 5.32 Å². The summed E-state index contributed by atoms with van der Waals surface area (Å²) in [7, 11) is 0. The maximum atomic E-state index is 8.67. The molecule has 0 aliphatic heterocycles. The largest absolute Gasteiger partial charge is 0.396 e. The van der Waals surface area contributed by atoms with E-state index in [9.17, 15) is 0 Å². The van der Waals surface area contributed by atoms with Crippen molar-refractivity contribution in [3.05, 3.63) is 0 Å². The van der Waals surface area contributed by atoms with Gasteiger partial charge >= 0.3 is 0 Å². The molecular formula is C8H19NO3. The number of nitrogens with one attached hydrogen (secondary N) is 1. The van der Waals surface area contributed by atoms with Crippen molar-refractivity contribution in [3.63, 3.8) is 0 Å². The Labute approximate surface area is 73.2 Å². The summed E-state index contributed by atoms with van der Waals surface area (Å²) >= 11 is 0. The van der Waals surface area contributed by atoms with Crippen molar-refractivity contribution in [3.8, 4) is 0 Å². The van der Waals surface area contributed by atoms with Crippen LogP contribution in [0.5, 0.6) is 0 Å². The summed E-state index contributed by atoms with van der Waals surface area (Å²) in [6.45, 7) is 0.961. The van der Waals surface area contributed by atoms with Gasteiger partial charge in [-0.25, -0.2) is 0 Å². The summed E-state index contributed by atoms with van der Waals surface area (Å²) in [5.41, 5.74) is 0. The van der Waals surface area contributed by atoms with Crippen LogP contribution < -0.4 is 5.32 Å². The van der Waals surface area contributed by atoms with E-state index >= 15 is 0 Å². The summed E-state index contributed by atoms with van der Waals surface area (Å²) < 4.78 is 0. The smallest absolute Gasteiger partial charge is 0.0607 e. The molecule has 0 atom stereocenters. The minimum atomic E-state index is -0.195. The Morgan fingerprint density at radius 3 is 2.08 bits per heavy atom. The van der Waals surface area contributed by atoms with Crippen LogP contribution in [0.1, 0.15) is 19.3 Å². The molecule has 74 valence electrons. The third-order valence-electron chi connectivity index (χ3n) is 1.71. The summed E-state index contributed by atoms with van der Waals surface area (Å²) in [4.78, 5) is 0. The van der Waals surface area contributed by atoms with Gasteiger partial charge in [0.1, 0.15) is 0 Å². The van der Waals surface area contributed by atoms with Gasteiger partial charge in [-0.2, -0.15) is 0 Å². The number of hydrogen-bond donors (Lipinski definition) is 4. The zero-order valence-electron chi connectivity index (χ0n) is 7.37. The van der Waals surface area contributed by atoms with Gasteiger partial charge in [0.15, 0.2) is 0 Å². The molecule has 0 aromatic rings. The second-order valence-corrected chi connectivity index (χ2v) is 2.80. The average molecular weight is 177 g/mol. The SMILES string of the molecule is OCCCCCNC(CO)CO. The van der Waals surface area contributed by atoms with Crippen molar-refractivity contribution in [1.29, 1.82) is 0 Å². The Morgan fingerprint density at radius 2 is 1.58 bits per heavy atom. The number of unbranched alkanes of at least 4 members (excludes halogenated alkanes) is 2. The second kappa shape index (κ2) is 8.93. The van der Waals surface area contributed by atoms with Gasteiger partial charge in [-0.1, -0.05) is 0 Å². The molecule has 0 aliphatic carbocycles. The molecule has 0 rings (SSSR count). The Balaban J connectivity index is 3.06. The normalized spacial score (nSPS) is 11.0. The molecule has 0 heterocycles. The maximum Gasteiger partial charge on any atom is 0.0607 e. The third-order valence-corrected chi connectivity index (χ3v) is 1.71. The van der Waals surface area contributed by atoms with E-state index in [-0.39, 0.29) is 25.9 Å². The average Bonchev–Trinajstić information content (AvgIpc) is 2.11. The van der Waals surface area contributed by atoms with Gasteiger partial charge in [0.05, 0.1) is 19.3 Å². The quantitative estimate of drug-likeness (QED) is 0.362. The van der Waals surface area contributed by atoms with Crippen molar-refractivity contribution in [2.75, 3.05) is 26.4 Å². The number of aliphatic hydroxyl groups is 3. The van der Waals surface area contributed by atoms with E-state index in [0.29, 0.717) is 0 Å². The molecule has 0 radical (unpaired) electrons. The first-order chi connectivity index (χ1) is 5.85. The first-order valence-electron chi connectivity index (χ1n) is 4.41. The molecule has 0 unspecified atom stereocenters.